The van der Waals surface area contributed by atoms with Crippen LogP contribution in [0.1, 0.15) is 57.5 Å². The number of aliphatic carboxylic acids is 1. The van der Waals surface area contributed by atoms with Gasteiger partial charge in [0.1, 0.15) is 0 Å². The van der Waals surface area contributed by atoms with Gasteiger partial charge in [0, 0.05) is 41.2 Å². The Morgan fingerprint density at radius 2 is 1.58 bits per heavy atom. The van der Waals surface area contributed by atoms with E-state index in [-0.39, 0.29) is 36.7 Å². The quantitative estimate of drug-likeness (QED) is 0.211. The van der Waals surface area contributed by atoms with E-state index in [2.05, 4.69) is 15.5 Å². The second kappa shape index (κ2) is 14.2. The van der Waals surface area contributed by atoms with E-state index in [1.807, 2.05) is 96.9 Å². The van der Waals surface area contributed by atoms with Gasteiger partial charge in [-0.25, -0.2) is 0 Å². The van der Waals surface area contributed by atoms with Crippen molar-refractivity contribution in [3.05, 3.63) is 118 Å². The molecule has 5 rings (SSSR count). The third-order valence-electron chi connectivity index (χ3n) is 7.89. The number of thiophene rings is 1. The topological polar surface area (TPSA) is 119 Å². The summed E-state index contributed by atoms with van der Waals surface area (Å²) in [5.74, 6) is -1.73. The molecule has 10 heteroatoms. The highest BCUT2D eigenvalue weighted by Gasteiger charge is 2.34. The molecule has 1 aliphatic heterocycles. The van der Waals surface area contributed by atoms with Crippen molar-refractivity contribution in [3.8, 4) is 0 Å². The normalized spacial score (nSPS) is 16.9. The lowest BCUT2D eigenvalue weighted by Gasteiger charge is -2.46. The molecule has 3 atom stereocenters. The fourth-order valence-corrected chi connectivity index (χ4v) is 6.40. The van der Waals surface area contributed by atoms with Gasteiger partial charge in [0.15, 0.2) is 0 Å². The zero-order chi connectivity index (χ0) is 31.9. The second-order valence-corrected chi connectivity index (χ2v) is 12.2. The van der Waals surface area contributed by atoms with Gasteiger partial charge >= 0.3 is 5.97 Å². The largest absolute Gasteiger partial charge is 0.481 e. The van der Waals surface area contributed by atoms with Gasteiger partial charge in [-0.1, -0.05) is 54.6 Å². The highest BCUT2D eigenvalue weighted by atomic mass is 32.1. The Labute approximate surface area is 266 Å². The molecule has 3 aromatic carbocycles. The lowest BCUT2D eigenvalue weighted by molar-refractivity contribution is -0.137. The minimum absolute atomic E-state index is 0.0281. The van der Waals surface area contributed by atoms with Crippen LogP contribution in [0.2, 0.25) is 0 Å². The number of carboxylic acids is 1. The Kier molecular flexibility index (Phi) is 9.94. The maximum absolute atomic E-state index is 13.4. The van der Waals surface area contributed by atoms with Gasteiger partial charge in [-0.15, -0.1) is 11.3 Å². The van der Waals surface area contributed by atoms with Crippen molar-refractivity contribution >= 4 is 46.4 Å². The van der Waals surface area contributed by atoms with Gasteiger partial charge in [0.2, 0.25) is 5.91 Å². The van der Waals surface area contributed by atoms with Crippen LogP contribution in [0.25, 0.3) is 0 Å². The maximum Gasteiger partial charge on any atom is 0.305 e. The molecule has 1 fully saturated rings. The van der Waals surface area contributed by atoms with Crippen molar-refractivity contribution in [2.45, 2.75) is 44.8 Å². The SMILES string of the molecule is CC1CN(c2ccc(C(=O)NC(CC(=O)O)c3cccs3)cc2NC(=O)Cc2ccccc2)C(C)CN1C(=O)c1ccccc1. The Morgan fingerprint density at radius 1 is 0.867 bits per heavy atom. The third-order valence-corrected chi connectivity index (χ3v) is 8.87. The van der Waals surface area contributed by atoms with E-state index in [9.17, 15) is 24.3 Å². The van der Waals surface area contributed by atoms with Gasteiger partial charge in [-0.2, -0.15) is 0 Å². The Balaban J connectivity index is 1.41. The van der Waals surface area contributed by atoms with Gasteiger partial charge in [0.05, 0.1) is 30.3 Å². The van der Waals surface area contributed by atoms with E-state index < -0.39 is 17.9 Å². The van der Waals surface area contributed by atoms with Crippen LogP contribution in [0.4, 0.5) is 11.4 Å². The molecule has 0 spiro atoms. The highest BCUT2D eigenvalue weighted by molar-refractivity contribution is 7.10. The van der Waals surface area contributed by atoms with Crippen LogP contribution >= 0.6 is 11.3 Å². The van der Waals surface area contributed by atoms with Crippen LogP contribution < -0.4 is 15.5 Å². The number of rotatable bonds is 10. The Hall–Kier alpha value is -4.96. The molecule has 3 unspecified atom stereocenters. The predicted octanol–water partition coefficient (Wildman–Crippen LogP) is 5.61. The molecule has 45 heavy (non-hydrogen) atoms. The lowest BCUT2D eigenvalue weighted by atomic mass is 10.0. The summed E-state index contributed by atoms with van der Waals surface area (Å²) in [6, 6.07) is 26.4. The van der Waals surface area contributed by atoms with E-state index in [1.54, 1.807) is 18.2 Å². The predicted molar refractivity (Wildman–Crippen MR) is 176 cm³/mol. The number of piperazine rings is 1. The molecule has 232 valence electrons. The van der Waals surface area contributed by atoms with Crippen LogP contribution in [-0.2, 0) is 16.0 Å². The molecule has 4 aromatic rings. The van der Waals surface area contributed by atoms with E-state index in [0.717, 1.165) is 16.1 Å². The van der Waals surface area contributed by atoms with Crippen molar-refractivity contribution in [2.75, 3.05) is 23.3 Å². The summed E-state index contributed by atoms with van der Waals surface area (Å²) in [4.78, 5) is 56.3. The van der Waals surface area contributed by atoms with E-state index in [4.69, 9.17) is 0 Å². The van der Waals surface area contributed by atoms with Crippen LogP contribution in [0.15, 0.2) is 96.4 Å². The van der Waals surface area contributed by atoms with Gasteiger partial charge in [0.25, 0.3) is 11.8 Å². The summed E-state index contributed by atoms with van der Waals surface area (Å²) in [5, 5.41) is 17.2. The summed E-state index contributed by atoms with van der Waals surface area (Å²) in [5.41, 5.74) is 2.99. The minimum atomic E-state index is -1.02. The monoisotopic (exact) mass is 624 g/mol. The third kappa shape index (κ3) is 7.77. The van der Waals surface area contributed by atoms with Crippen molar-refractivity contribution in [1.29, 1.82) is 0 Å². The first-order valence-electron chi connectivity index (χ1n) is 14.9. The molecule has 9 nitrogen and oxygen atoms in total. The number of nitrogens with one attached hydrogen (secondary N) is 2. The van der Waals surface area contributed by atoms with Crippen LogP contribution in [-0.4, -0.2) is 58.9 Å². The second-order valence-electron chi connectivity index (χ2n) is 11.3. The van der Waals surface area contributed by atoms with Crippen molar-refractivity contribution in [1.82, 2.24) is 10.2 Å². The lowest BCUT2D eigenvalue weighted by Crippen LogP contribution is -2.58. The van der Waals surface area contributed by atoms with Gasteiger partial charge in [-0.05, 0) is 61.2 Å². The Bertz CT molecular complexity index is 1650. The molecule has 3 N–H and O–H groups in total. The fraction of sp³-hybridized carbons (Fsp3) is 0.257. The molecule has 1 aliphatic rings. The standard InChI is InChI=1S/C35H36N4O5S/c1-23-22-39(35(44)26-12-7-4-8-13-26)24(2)21-38(23)30-16-15-27(19-28(30)36-32(40)18-25-10-5-3-6-11-25)34(43)37-29(20-33(41)42)31-14-9-17-45-31/h3-17,19,23-24,29H,18,20-22H2,1-2H3,(H,36,40)(H,37,43)(H,41,42). The number of hydrogen-bond acceptors (Lipinski definition) is 6. The molecule has 0 saturated carbocycles. The summed E-state index contributed by atoms with van der Waals surface area (Å²) >= 11 is 1.38. The number of carboxylic acid groups (broad SMARTS) is 1. The molecule has 0 radical (unpaired) electrons. The first-order valence-corrected chi connectivity index (χ1v) is 15.7. The van der Waals surface area contributed by atoms with Crippen LogP contribution in [0.5, 0.6) is 0 Å². The summed E-state index contributed by atoms with van der Waals surface area (Å²) in [7, 11) is 0. The van der Waals surface area contributed by atoms with Crippen molar-refractivity contribution < 1.29 is 24.3 Å². The number of carbonyl (C=O) groups excluding carboxylic acids is 3. The number of nitrogens with zero attached hydrogens (tertiary/aromatic N) is 2. The highest BCUT2D eigenvalue weighted by Crippen LogP contribution is 2.33. The van der Waals surface area contributed by atoms with Crippen LogP contribution in [0, 0.1) is 0 Å². The number of hydrogen-bond donors (Lipinski definition) is 3. The van der Waals surface area contributed by atoms with Crippen molar-refractivity contribution in [3.63, 3.8) is 0 Å². The molecular weight excluding hydrogens is 588 g/mol. The Morgan fingerprint density at radius 3 is 2.24 bits per heavy atom. The number of amides is 3. The molecular formula is C35H36N4O5S. The fourth-order valence-electron chi connectivity index (χ4n) is 5.62. The van der Waals surface area contributed by atoms with Gasteiger partial charge in [-0.3, -0.25) is 19.2 Å². The summed E-state index contributed by atoms with van der Waals surface area (Å²) < 4.78 is 0. The first-order chi connectivity index (χ1) is 21.7. The molecule has 1 saturated heterocycles. The van der Waals surface area contributed by atoms with Crippen LogP contribution in [0.3, 0.4) is 0 Å². The van der Waals surface area contributed by atoms with E-state index in [0.29, 0.717) is 29.9 Å². The smallest absolute Gasteiger partial charge is 0.305 e. The minimum Gasteiger partial charge on any atom is -0.481 e. The number of anilines is 2. The average molecular weight is 625 g/mol. The summed E-state index contributed by atoms with van der Waals surface area (Å²) in [6.45, 7) is 5.03. The molecule has 2 heterocycles. The molecule has 0 bridgehead atoms. The molecule has 0 aliphatic carbocycles. The van der Waals surface area contributed by atoms with Gasteiger partial charge < -0.3 is 25.5 Å². The average Bonchev–Trinajstić information content (AvgIpc) is 3.57. The zero-order valence-corrected chi connectivity index (χ0v) is 26.0. The number of benzene rings is 3. The molecule has 1 aromatic heterocycles. The molecule has 3 amide bonds. The zero-order valence-electron chi connectivity index (χ0n) is 25.2. The van der Waals surface area contributed by atoms with Crippen molar-refractivity contribution in [2.24, 2.45) is 0 Å². The number of carbonyl (C=O) groups is 4. The first kappa shape index (κ1) is 31.5. The summed E-state index contributed by atoms with van der Waals surface area (Å²) in [6.07, 6.45) is -0.104. The maximum atomic E-state index is 13.4. The van der Waals surface area contributed by atoms with E-state index >= 15 is 0 Å². The van der Waals surface area contributed by atoms with E-state index in [1.165, 1.54) is 11.3 Å².